The summed E-state index contributed by atoms with van der Waals surface area (Å²) in [4.78, 5) is 11.8. The van der Waals surface area contributed by atoms with Crippen molar-refractivity contribution < 1.29 is 23.1 Å². The second-order valence-corrected chi connectivity index (χ2v) is 7.75. The maximum absolute atomic E-state index is 13.0. The van der Waals surface area contributed by atoms with Gasteiger partial charge in [-0.05, 0) is 44.4 Å². The molecule has 7 heteroatoms. The molecule has 0 amide bonds. The van der Waals surface area contributed by atoms with E-state index in [1.165, 1.54) is 17.5 Å². The first-order valence-corrected chi connectivity index (χ1v) is 9.12. The first-order chi connectivity index (χ1) is 10.8. The molecule has 0 bridgehead atoms. The van der Waals surface area contributed by atoms with Gasteiger partial charge in [0, 0.05) is 6.54 Å². The van der Waals surface area contributed by atoms with Crippen LogP contribution in [0.5, 0.6) is 0 Å². The molecule has 6 nitrogen and oxygen atoms in total. The zero-order chi connectivity index (χ0) is 17.2. The van der Waals surface area contributed by atoms with Crippen molar-refractivity contribution in [2.24, 2.45) is 0 Å². The number of ether oxygens (including phenoxy) is 1. The molecule has 2 rings (SSSR count). The maximum atomic E-state index is 13.0. The fourth-order valence-corrected chi connectivity index (χ4v) is 4.97. The van der Waals surface area contributed by atoms with E-state index in [4.69, 9.17) is 0 Å². The first kappa shape index (κ1) is 17.9. The van der Waals surface area contributed by atoms with Crippen molar-refractivity contribution in [1.82, 2.24) is 4.31 Å². The fraction of sp³-hybridized carbons (Fsp3) is 0.562. The number of esters is 1. The highest BCUT2D eigenvalue weighted by atomic mass is 32.2. The van der Waals surface area contributed by atoms with E-state index in [1.807, 2.05) is 0 Å². The average molecular weight is 341 g/mol. The standard InChI is InChI=1S/C16H23NO5S/c1-11-7-8-13(16(19)22-3)10-15(11)23(20,21)17-9-5-4-6-14(17)12(2)18/h7-8,10,12,14,18H,4-6,9H2,1-3H3. The minimum atomic E-state index is -3.79. The van der Waals surface area contributed by atoms with Crippen LogP contribution in [0.2, 0.25) is 0 Å². The van der Waals surface area contributed by atoms with E-state index in [0.717, 1.165) is 12.8 Å². The third-order valence-corrected chi connectivity index (χ3v) is 6.32. The van der Waals surface area contributed by atoms with Gasteiger partial charge in [-0.3, -0.25) is 0 Å². The molecule has 1 aliphatic rings. The molecule has 1 aliphatic heterocycles. The first-order valence-electron chi connectivity index (χ1n) is 7.68. The number of hydrogen-bond acceptors (Lipinski definition) is 5. The van der Waals surface area contributed by atoms with E-state index < -0.39 is 28.1 Å². The Morgan fingerprint density at radius 3 is 2.70 bits per heavy atom. The van der Waals surface area contributed by atoms with Crippen LogP contribution in [-0.4, -0.2) is 49.6 Å². The van der Waals surface area contributed by atoms with E-state index in [2.05, 4.69) is 4.74 Å². The highest BCUT2D eigenvalue weighted by Crippen LogP contribution is 2.29. The topological polar surface area (TPSA) is 83.9 Å². The molecule has 0 radical (unpaired) electrons. The molecule has 1 heterocycles. The smallest absolute Gasteiger partial charge is 0.337 e. The number of methoxy groups -OCH3 is 1. The Morgan fingerprint density at radius 2 is 2.09 bits per heavy atom. The lowest BCUT2D eigenvalue weighted by atomic mass is 10.0. The number of aliphatic hydroxyl groups excluding tert-OH is 1. The number of nitrogens with zero attached hydrogens (tertiary/aromatic N) is 1. The number of sulfonamides is 1. The molecule has 0 spiro atoms. The molecule has 1 aromatic carbocycles. The largest absolute Gasteiger partial charge is 0.465 e. The lowest BCUT2D eigenvalue weighted by Gasteiger charge is -2.36. The summed E-state index contributed by atoms with van der Waals surface area (Å²) in [7, 11) is -2.53. The van der Waals surface area contributed by atoms with Gasteiger partial charge in [0.15, 0.2) is 0 Å². The second kappa shape index (κ2) is 6.98. The van der Waals surface area contributed by atoms with E-state index in [9.17, 15) is 18.3 Å². The summed E-state index contributed by atoms with van der Waals surface area (Å²) in [6.45, 7) is 3.67. The number of carbonyl (C=O) groups excluding carboxylic acids is 1. The molecule has 1 saturated heterocycles. The minimum Gasteiger partial charge on any atom is -0.465 e. The quantitative estimate of drug-likeness (QED) is 0.843. The van der Waals surface area contributed by atoms with Crippen LogP contribution >= 0.6 is 0 Å². The Morgan fingerprint density at radius 1 is 1.39 bits per heavy atom. The summed E-state index contributed by atoms with van der Waals surface area (Å²) in [5, 5.41) is 9.93. The summed E-state index contributed by atoms with van der Waals surface area (Å²) in [6.07, 6.45) is 1.54. The molecule has 0 aliphatic carbocycles. The summed E-state index contributed by atoms with van der Waals surface area (Å²) >= 11 is 0. The highest BCUT2D eigenvalue weighted by molar-refractivity contribution is 7.89. The number of piperidine rings is 1. The zero-order valence-corrected chi connectivity index (χ0v) is 14.5. The number of carbonyl (C=O) groups is 1. The van der Waals surface area contributed by atoms with Crippen LogP contribution in [-0.2, 0) is 14.8 Å². The van der Waals surface area contributed by atoms with E-state index in [0.29, 0.717) is 18.5 Å². The number of benzene rings is 1. The predicted molar refractivity (Wildman–Crippen MR) is 85.7 cm³/mol. The van der Waals surface area contributed by atoms with E-state index >= 15 is 0 Å². The molecule has 0 saturated carbocycles. The van der Waals surface area contributed by atoms with Crippen molar-refractivity contribution in [2.75, 3.05) is 13.7 Å². The van der Waals surface area contributed by atoms with E-state index in [1.54, 1.807) is 26.0 Å². The minimum absolute atomic E-state index is 0.0907. The third kappa shape index (κ3) is 3.57. The van der Waals surface area contributed by atoms with Gasteiger partial charge in [0.1, 0.15) is 0 Å². The molecular formula is C16H23NO5S. The molecule has 2 atom stereocenters. The van der Waals surface area contributed by atoms with Gasteiger partial charge in [-0.25, -0.2) is 13.2 Å². The van der Waals surface area contributed by atoms with Crippen LogP contribution < -0.4 is 0 Å². The van der Waals surface area contributed by atoms with Gasteiger partial charge in [0.25, 0.3) is 0 Å². The molecule has 1 aromatic rings. The van der Waals surface area contributed by atoms with Crippen molar-refractivity contribution >= 4 is 16.0 Å². The zero-order valence-electron chi connectivity index (χ0n) is 13.7. The molecule has 23 heavy (non-hydrogen) atoms. The second-order valence-electron chi connectivity index (χ2n) is 5.89. The predicted octanol–water partition coefficient (Wildman–Crippen LogP) is 1.71. The van der Waals surface area contributed by atoms with Gasteiger partial charge in [-0.2, -0.15) is 4.31 Å². The normalized spacial score (nSPS) is 21.0. The monoisotopic (exact) mass is 341 g/mol. The maximum Gasteiger partial charge on any atom is 0.337 e. The van der Waals surface area contributed by atoms with Crippen LogP contribution in [0, 0.1) is 6.92 Å². The van der Waals surface area contributed by atoms with Crippen LogP contribution in [0.25, 0.3) is 0 Å². The summed E-state index contributed by atoms with van der Waals surface area (Å²) < 4.78 is 32.1. The number of rotatable bonds is 4. The van der Waals surface area contributed by atoms with Crippen LogP contribution in [0.15, 0.2) is 23.1 Å². The number of hydrogen-bond donors (Lipinski definition) is 1. The Bertz CT molecular complexity index is 684. The van der Waals surface area contributed by atoms with Crippen molar-refractivity contribution in [3.05, 3.63) is 29.3 Å². The summed E-state index contributed by atoms with van der Waals surface area (Å²) in [5.74, 6) is -0.577. The van der Waals surface area contributed by atoms with Crippen LogP contribution in [0.1, 0.15) is 42.1 Å². The van der Waals surface area contributed by atoms with Gasteiger partial charge >= 0.3 is 5.97 Å². The SMILES string of the molecule is COC(=O)c1ccc(C)c(S(=O)(=O)N2CCCCC2C(C)O)c1. The third-order valence-electron chi connectivity index (χ3n) is 4.25. The lowest BCUT2D eigenvalue weighted by molar-refractivity contribution is 0.0600. The van der Waals surface area contributed by atoms with Crippen LogP contribution in [0.3, 0.4) is 0 Å². The Labute approximate surface area is 137 Å². The van der Waals surface area contributed by atoms with Gasteiger partial charge in [-0.1, -0.05) is 12.5 Å². The summed E-state index contributed by atoms with van der Waals surface area (Å²) in [6, 6.07) is 4.06. The molecule has 0 aromatic heterocycles. The van der Waals surface area contributed by atoms with Crippen molar-refractivity contribution in [3.63, 3.8) is 0 Å². The van der Waals surface area contributed by atoms with Gasteiger partial charge in [0.2, 0.25) is 10.0 Å². The molecular weight excluding hydrogens is 318 g/mol. The Balaban J connectivity index is 2.48. The molecule has 2 unspecified atom stereocenters. The van der Waals surface area contributed by atoms with Gasteiger partial charge in [-0.15, -0.1) is 0 Å². The van der Waals surface area contributed by atoms with Crippen molar-refractivity contribution in [1.29, 1.82) is 0 Å². The van der Waals surface area contributed by atoms with Gasteiger partial charge < -0.3 is 9.84 Å². The van der Waals surface area contributed by atoms with Crippen molar-refractivity contribution in [3.8, 4) is 0 Å². The van der Waals surface area contributed by atoms with Crippen molar-refractivity contribution in [2.45, 2.75) is 50.2 Å². The average Bonchev–Trinajstić information content (AvgIpc) is 2.54. The fourth-order valence-electron chi connectivity index (χ4n) is 2.96. The lowest BCUT2D eigenvalue weighted by Crippen LogP contribution is -2.48. The Kier molecular flexibility index (Phi) is 5.44. The van der Waals surface area contributed by atoms with E-state index in [-0.39, 0.29) is 10.5 Å². The highest BCUT2D eigenvalue weighted by Gasteiger charge is 2.36. The Hall–Kier alpha value is -1.44. The molecule has 1 fully saturated rings. The van der Waals surface area contributed by atoms with Crippen LogP contribution in [0.4, 0.5) is 0 Å². The number of aryl methyl sites for hydroxylation is 1. The molecule has 128 valence electrons. The summed E-state index contributed by atoms with van der Waals surface area (Å²) in [5.41, 5.74) is 0.759. The number of aliphatic hydroxyl groups is 1. The molecule has 1 N–H and O–H groups in total. The van der Waals surface area contributed by atoms with Gasteiger partial charge in [0.05, 0.1) is 29.7 Å².